The van der Waals surface area contributed by atoms with Gasteiger partial charge in [0, 0.05) is 19.2 Å². The van der Waals surface area contributed by atoms with Crippen molar-refractivity contribution in [2.45, 2.75) is 37.8 Å². The number of aromatic nitrogens is 2. The lowest BCUT2D eigenvalue weighted by atomic mass is 9.92. The van der Waals surface area contributed by atoms with Gasteiger partial charge in [-0.1, -0.05) is 0 Å². The van der Waals surface area contributed by atoms with Gasteiger partial charge in [0.15, 0.2) is 11.5 Å². The number of carbonyl (C=O) groups excluding carboxylic acids is 1. The van der Waals surface area contributed by atoms with E-state index in [0.29, 0.717) is 22.4 Å². The number of hydrogen-bond donors (Lipinski definition) is 1. The predicted molar refractivity (Wildman–Crippen MR) is 95.8 cm³/mol. The van der Waals surface area contributed by atoms with Gasteiger partial charge < -0.3 is 24.1 Å². The van der Waals surface area contributed by atoms with Crippen molar-refractivity contribution in [2.75, 3.05) is 21.3 Å². The van der Waals surface area contributed by atoms with Gasteiger partial charge in [0.1, 0.15) is 0 Å². The van der Waals surface area contributed by atoms with Crippen LogP contribution in [0.5, 0.6) is 11.5 Å². The standard InChI is InChI=1S/C18H23N3O5/c1-21(18(23)25-3)11-4-6-12(7-5-11)26-16-8-13-14(9-15(16)24-2)19-10-20-17(13)22/h8-12H,4-7H2,1-3H3,(H,19,20,22)/t11-,12-. The van der Waals surface area contributed by atoms with Crippen molar-refractivity contribution in [3.63, 3.8) is 0 Å². The van der Waals surface area contributed by atoms with Crippen molar-refractivity contribution in [3.8, 4) is 11.5 Å². The van der Waals surface area contributed by atoms with Gasteiger partial charge in [0.05, 0.1) is 37.6 Å². The number of methoxy groups -OCH3 is 2. The van der Waals surface area contributed by atoms with Gasteiger partial charge in [-0.2, -0.15) is 0 Å². The van der Waals surface area contributed by atoms with Gasteiger partial charge in [-0.25, -0.2) is 9.78 Å². The van der Waals surface area contributed by atoms with Crippen LogP contribution in [0.15, 0.2) is 23.3 Å². The number of aromatic amines is 1. The monoisotopic (exact) mass is 361 g/mol. The first-order valence-corrected chi connectivity index (χ1v) is 8.56. The molecule has 1 saturated carbocycles. The zero-order chi connectivity index (χ0) is 18.7. The summed E-state index contributed by atoms with van der Waals surface area (Å²) in [6, 6.07) is 3.52. The molecule has 1 aromatic heterocycles. The number of amides is 1. The summed E-state index contributed by atoms with van der Waals surface area (Å²) in [5.41, 5.74) is 0.340. The van der Waals surface area contributed by atoms with Crippen LogP contribution in [-0.4, -0.2) is 54.4 Å². The highest BCUT2D eigenvalue weighted by molar-refractivity contribution is 5.81. The first-order chi connectivity index (χ1) is 12.5. The molecule has 1 N–H and O–H groups in total. The molecule has 1 heterocycles. The number of rotatable bonds is 4. The average molecular weight is 361 g/mol. The molecule has 1 aliphatic rings. The Labute approximate surface area is 151 Å². The Balaban J connectivity index is 1.73. The van der Waals surface area contributed by atoms with E-state index in [1.807, 2.05) is 0 Å². The van der Waals surface area contributed by atoms with Crippen LogP contribution < -0.4 is 15.0 Å². The Bertz CT molecular complexity index is 842. The third kappa shape index (κ3) is 3.58. The van der Waals surface area contributed by atoms with E-state index in [2.05, 4.69) is 9.97 Å². The maximum absolute atomic E-state index is 12.0. The van der Waals surface area contributed by atoms with Crippen LogP contribution in [0.2, 0.25) is 0 Å². The fourth-order valence-corrected chi connectivity index (χ4v) is 3.35. The molecule has 1 aliphatic carbocycles. The molecule has 0 radical (unpaired) electrons. The molecular formula is C18H23N3O5. The molecule has 0 atom stereocenters. The number of H-pyrrole nitrogens is 1. The smallest absolute Gasteiger partial charge is 0.409 e. The van der Waals surface area contributed by atoms with Crippen LogP contribution >= 0.6 is 0 Å². The van der Waals surface area contributed by atoms with Gasteiger partial charge in [-0.15, -0.1) is 0 Å². The predicted octanol–water partition coefficient (Wildman–Crippen LogP) is 2.32. The third-order valence-corrected chi connectivity index (χ3v) is 4.87. The van der Waals surface area contributed by atoms with Crippen LogP contribution in [0.25, 0.3) is 10.9 Å². The van der Waals surface area contributed by atoms with Crippen LogP contribution in [-0.2, 0) is 4.74 Å². The van der Waals surface area contributed by atoms with Crippen LogP contribution in [0.1, 0.15) is 25.7 Å². The SMILES string of the molecule is COC(=O)N(C)[C@H]1CC[C@H](Oc2cc3c(=O)[nH]cnc3cc2OC)CC1. The molecule has 8 heteroatoms. The molecule has 0 unspecified atom stereocenters. The molecule has 140 valence electrons. The highest BCUT2D eigenvalue weighted by Gasteiger charge is 2.28. The Morgan fingerprint density at radius 3 is 2.58 bits per heavy atom. The van der Waals surface area contributed by atoms with Gasteiger partial charge in [0.25, 0.3) is 5.56 Å². The number of hydrogen-bond acceptors (Lipinski definition) is 6. The van der Waals surface area contributed by atoms with Crippen molar-refractivity contribution < 1.29 is 19.0 Å². The van der Waals surface area contributed by atoms with Crippen molar-refractivity contribution >= 4 is 17.0 Å². The second-order valence-electron chi connectivity index (χ2n) is 6.38. The molecule has 0 bridgehead atoms. The van der Waals surface area contributed by atoms with Gasteiger partial charge in [-0.3, -0.25) is 4.79 Å². The highest BCUT2D eigenvalue weighted by atomic mass is 16.5. The minimum Gasteiger partial charge on any atom is -0.493 e. The van der Waals surface area contributed by atoms with E-state index in [9.17, 15) is 9.59 Å². The Morgan fingerprint density at radius 1 is 1.19 bits per heavy atom. The molecule has 0 saturated heterocycles. The van der Waals surface area contributed by atoms with E-state index < -0.39 is 0 Å². The average Bonchev–Trinajstić information content (AvgIpc) is 2.67. The number of carbonyl (C=O) groups is 1. The van der Waals surface area contributed by atoms with Crippen molar-refractivity contribution in [3.05, 3.63) is 28.8 Å². The number of ether oxygens (including phenoxy) is 3. The number of fused-ring (bicyclic) bond motifs is 1. The number of nitrogens with one attached hydrogen (secondary N) is 1. The van der Waals surface area contributed by atoms with E-state index in [4.69, 9.17) is 14.2 Å². The lowest BCUT2D eigenvalue weighted by molar-refractivity contribution is 0.0801. The fourth-order valence-electron chi connectivity index (χ4n) is 3.35. The van der Waals surface area contributed by atoms with Crippen LogP contribution in [0.3, 0.4) is 0 Å². The molecule has 2 aromatic rings. The van der Waals surface area contributed by atoms with Crippen LogP contribution in [0, 0.1) is 0 Å². The summed E-state index contributed by atoms with van der Waals surface area (Å²) in [6.45, 7) is 0. The van der Waals surface area contributed by atoms with E-state index in [1.54, 1.807) is 31.2 Å². The Hall–Kier alpha value is -2.77. The quantitative estimate of drug-likeness (QED) is 0.898. The summed E-state index contributed by atoms with van der Waals surface area (Å²) in [6.07, 6.45) is 4.30. The molecule has 26 heavy (non-hydrogen) atoms. The van der Waals surface area contributed by atoms with Gasteiger partial charge >= 0.3 is 6.09 Å². The third-order valence-electron chi connectivity index (χ3n) is 4.87. The van der Waals surface area contributed by atoms with Gasteiger partial charge in [-0.05, 0) is 31.7 Å². The minimum absolute atomic E-state index is 0.000556. The number of benzene rings is 1. The van der Waals surface area contributed by atoms with E-state index in [-0.39, 0.29) is 23.8 Å². The second kappa shape index (κ2) is 7.63. The molecular weight excluding hydrogens is 338 g/mol. The molecule has 0 spiro atoms. The summed E-state index contributed by atoms with van der Waals surface area (Å²) in [5, 5.41) is 0.461. The van der Waals surface area contributed by atoms with E-state index >= 15 is 0 Å². The maximum atomic E-state index is 12.0. The summed E-state index contributed by atoms with van der Waals surface area (Å²) >= 11 is 0. The number of nitrogens with zero attached hydrogens (tertiary/aromatic N) is 2. The highest BCUT2D eigenvalue weighted by Crippen LogP contribution is 2.34. The molecule has 3 rings (SSSR count). The molecule has 1 fully saturated rings. The fraction of sp³-hybridized carbons (Fsp3) is 0.500. The van der Waals surface area contributed by atoms with Crippen molar-refractivity contribution in [2.24, 2.45) is 0 Å². The Kier molecular flexibility index (Phi) is 5.29. The van der Waals surface area contributed by atoms with Crippen LogP contribution in [0.4, 0.5) is 4.79 Å². The van der Waals surface area contributed by atoms with E-state index in [0.717, 1.165) is 25.7 Å². The molecule has 1 aromatic carbocycles. The lowest BCUT2D eigenvalue weighted by Gasteiger charge is -2.34. The van der Waals surface area contributed by atoms with E-state index in [1.165, 1.54) is 13.4 Å². The summed E-state index contributed by atoms with van der Waals surface area (Å²) in [4.78, 5) is 32.0. The molecule has 1 amide bonds. The summed E-state index contributed by atoms with van der Waals surface area (Å²) < 4.78 is 16.3. The minimum atomic E-state index is -0.322. The largest absolute Gasteiger partial charge is 0.493 e. The van der Waals surface area contributed by atoms with Crippen molar-refractivity contribution in [1.82, 2.24) is 14.9 Å². The normalized spacial score (nSPS) is 19.8. The first kappa shape index (κ1) is 18.0. The lowest BCUT2D eigenvalue weighted by Crippen LogP contribution is -2.41. The second-order valence-corrected chi connectivity index (χ2v) is 6.38. The van der Waals surface area contributed by atoms with Crippen molar-refractivity contribution in [1.29, 1.82) is 0 Å². The topological polar surface area (TPSA) is 93.8 Å². The Morgan fingerprint density at radius 2 is 1.92 bits per heavy atom. The summed E-state index contributed by atoms with van der Waals surface area (Å²) in [5.74, 6) is 1.08. The maximum Gasteiger partial charge on any atom is 0.409 e. The molecule has 0 aliphatic heterocycles. The molecule has 8 nitrogen and oxygen atoms in total. The van der Waals surface area contributed by atoms with Gasteiger partial charge in [0.2, 0.25) is 0 Å². The zero-order valence-corrected chi connectivity index (χ0v) is 15.2. The zero-order valence-electron chi connectivity index (χ0n) is 15.2. The first-order valence-electron chi connectivity index (χ1n) is 8.56. The summed E-state index contributed by atoms with van der Waals surface area (Å²) in [7, 11) is 4.70.